The van der Waals surface area contributed by atoms with E-state index >= 15 is 0 Å². The van der Waals surface area contributed by atoms with Crippen LogP contribution in [0.3, 0.4) is 0 Å². The van der Waals surface area contributed by atoms with Crippen molar-refractivity contribution in [2.75, 3.05) is 0 Å². The van der Waals surface area contributed by atoms with Gasteiger partial charge in [-0.2, -0.15) is 0 Å². The Labute approximate surface area is 153 Å². The lowest BCUT2D eigenvalue weighted by Gasteiger charge is -2.23. The molecule has 3 rings (SSSR count). The van der Waals surface area contributed by atoms with Crippen LogP contribution >= 0.6 is 0 Å². The number of carboxylic acid groups (broad SMARTS) is 4. The molecule has 0 aromatic heterocycles. The first-order chi connectivity index (χ1) is 12.6. The van der Waals surface area contributed by atoms with E-state index in [-0.39, 0.29) is 27.3 Å². The second-order valence-corrected chi connectivity index (χ2v) is 7.09. The zero-order valence-electron chi connectivity index (χ0n) is 13.3. The number of rotatable bonds is 4. The van der Waals surface area contributed by atoms with Gasteiger partial charge in [-0.15, -0.1) is 0 Å². The SMILES string of the molecule is O=C(O)c1cc2c(cc1C(=O)O)[S+]([O-])c1cc(C(=O)O)c(C(=O)O)cc1C2. The minimum atomic E-state index is -2.00. The van der Waals surface area contributed by atoms with E-state index in [1.54, 1.807) is 0 Å². The van der Waals surface area contributed by atoms with Crippen molar-refractivity contribution in [3.63, 3.8) is 0 Å². The molecule has 138 valence electrons. The van der Waals surface area contributed by atoms with E-state index in [0.717, 1.165) is 24.3 Å². The molecule has 0 fully saturated rings. The molecule has 2 aromatic carbocycles. The van der Waals surface area contributed by atoms with Crippen LogP contribution in [0.2, 0.25) is 0 Å². The highest BCUT2D eigenvalue weighted by atomic mass is 32.2. The predicted octanol–water partition coefficient (Wildman–Crippen LogP) is 1.55. The molecule has 0 radical (unpaired) electrons. The van der Waals surface area contributed by atoms with Crippen molar-refractivity contribution in [3.05, 3.63) is 57.6 Å². The summed E-state index contributed by atoms with van der Waals surface area (Å²) in [6.45, 7) is 0. The molecule has 27 heavy (non-hydrogen) atoms. The van der Waals surface area contributed by atoms with Crippen LogP contribution in [0.4, 0.5) is 0 Å². The second kappa shape index (κ2) is 6.41. The maximum atomic E-state index is 12.9. The average Bonchev–Trinajstić information content (AvgIpc) is 2.59. The molecule has 0 spiro atoms. The smallest absolute Gasteiger partial charge is 0.336 e. The molecular formula is C17H10O9S. The van der Waals surface area contributed by atoms with Gasteiger partial charge in [-0.1, -0.05) is 0 Å². The number of aromatic carboxylic acids is 4. The molecule has 0 unspecified atom stereocenters. The van der Waals surface area contributed by atoms with Crippen molar-refractivity contribution in [3.8, 4) is 0 Å². The first kappa shape index (κ1) is 18.4. The summed E-state index contributed by atoms with van der Waals surface area (Å²) in [4.78, 5) is 45.4. The monoisotopic (exact) mass is 390 g/mol. The molecule has 9 nitrogen and oxygen atoms in total. The second-order valence-electron chi connectivity index (χ2n) is 5.68. The average molecular weight is 390 g/mol. The minimum absolute atomic E-state index is 0.0171. The highest BCUT2D eigenvalue weighted by Crippen LogP contribution is 2.37. The van der Waals surface area contributed by atoms with Crippen molar-refractivity contribution in [1.82, 2.24) is 0 Å². The number of fused-ring (bicyclic) bond motifs is 2. The fourth-order valence-corrected chi connectivity index (χ4v) is 4.33. The summed E-state index contributed by atoms with van der Waals surface area (Å²) in [7, 11) is 0. The summed E-state index contributed by atoms with van der Waals surface area (Å²) in [5.74, 6) is -5.96. The van der Waals surface area contributed by atoms with Crippen molar-refractivity contribution in [2.45, 2.75) is 16.2 Å². The molecule has 0 atom stereocenters. The number of carbonyl (C=O) groups is 4. The van der Waals surface area contributed by atoms with Gasteiger partial charge in [0.25, 0.3) is 0 Å². The van der Waals surface area contributed by atoms with Crippen LogP contribution in [0.25, 0.3) is 0 Å². The Bertz CT molecular complexity index is 960. The maximum absolute atomic E-state index is 12.9. The molecule has 0 bridgehead atoms. The Morgan fingerprint density at radius 3 is 1.26 bits per heavy atom. The van der Waals surface area contributed by atoms with Crippen LogP contribution in [0.5, 0.6) is 0 Å². The minimum Gasteiger partial charge on any atom is -0.606 e. The van der Waals surface area contributed by atoms with Crippen molar-refractivity contribution >= 4 is 35.1 Å². The van der Waals surface area contributed by atoms with Crippen molar-refractivity contribution < 1.29 is 44.2 Å². The molecule has 1 aliphatic heterocycles. The van der Waals surface area contributed by atoms with Crippen molar-refractivity contribution in [1.29, 1.82) is 0 Å². The largest absolute Gasteiger partial charge is 0.606 e. The van der Waals surface area contributed by atoms with Gasteiger partial charge in [-0.05, 0) is 12.1 Å². The van der Waals surface area contributed by atoms with Gasteiger partial charge in [0.05, 0.1) is 22.3 Å². The Hall–Kier alpha value is -3.37. The maximum Gasteiger partial charge on any atom is 0.336 e. The fourth-order valence-electron chi connectivity index (χ4n) is 2.90. The highest BCUT2D eigenvalue weighted by Gasteiger charge is 2.34. The van der Waals surface area contributed by atoms with Crippen molar-refractivity contribution in [2.24, 2.45) is 0 Å². The third-order valence-corrected chi connectivity index (χ3v) is 5.66. The molecule has 2 aromatic rings. The van der Waals surface area contributed by atoms with Gasteiger partial charge >= 0.3 is 23.9 Å². The normalized spacial score (nSPS) is 12.8. The summed E-state index contributed by atoms with van der Waals surface area (Å²) in [6, 6.07) is 4.17. The zero-order valence-corrected chi connectivity index (χ0v) is 14.1. The van der Waals surface area contributed by atoms with Gasteiger partial charge in [-0.25, -0.2) is 19.2 Å². The van der Waals surface area contributed by atoms with E-state index in [2.05, 4.69) is 0 Å². The van der Waals surface area contributed by atoms with Crippen LogP contribution in [0.1, 0.15) is 52.6 Å². The Kier molecular flexibility index (Phi) is 4.38. The lowest BCUT2D eigenvalue weighted by molar-refractivity contribution is 0.0650. The number of hydrogen-bond donors (Lipinski definition) is 4. The van der Waals surface area contributed by atoms with Gasteiger partial charge in [0.1, 0.15) is 0 Å². The molecule has 4 N–H and O–H groups in total. The summed E-state index contributed by atoms with van der Waals surface area (Å²) in [6.07, 6.45) is -0.0171. The van der Waals surface area contributed by atoms with Crippen LogP contribution in [-0.4, -0.2) is 48.9 Å². The Morgan fingerprint density at radius 1 is 0.667 bits per heavy atom. The van der Waals surface area contributed by atoms with Gasteiger partial charge in [-0.3, -0.25) is 0 Å². The number of carboxylic acids is 4. The Morgan fingerprint density at radius 2 is 0.963 bits per heavy atom. The highest BCUT2D eigenvalue weighted by molar-refractivity contribution is 7.91. The Balaban J connectivity index is 2.24. The first-order valence-electron chi connectivity index (χ1n) is 7.30. The van der Waals surface area contributed by atoms with E-state index in [9.17, 15) is 44.2 Å². The lowest BCUT2D eigenvalue weighted by atomic mass is 9.95. The molecule has 0 saturated heterocycles. The van der Waals surface area contributed by atoms with Crippen LogP contribution in [0.15, 0.2) is 34.1 Å². The summed E-state index contributed by atoms with van der Waals surface area (Å²) in [5.41, 5.74) is -1.52. The predicted molar refractivity (Wildman–Crippen MR) is 88.2 cm³/mol. The van der Waals surface area contributed by atoms with Gasteiger partial charge in [0, 0.05) is 40.9 Å². The van der Waals surface area contributed by atoms with Crippen LogP contribution in [0, 0.1) is 0 Å². The fraction of sp³-hybridized carbons (Fsp3) is 0.0588. The first-order valence-corrected chi connectivity index (χ1v) is 8.45. The van der Waals surface area contributed by atoms with Gasteiger partial charge in [0.2, 0.25) is 0 Å². The zero-order chi connectivity index (χ0) is 20.0. The molecule has 0 aliphatic carbocycles. The van der Waals surface area contributed by atoms with E-state index in [4.69, 9.17) is 0 Å². The number of benzene rings is 2. The van der Waals surface area contributed by atoms with Gasteiger partial charge in [0.15, 0.2) is 9.79 Å². The molecular weight excluding hydrogens is 380 g/mol. The molecule has 0 amide bonds. The molecule has 10 heteroatoms. The topological polar surface area (TPSA) is 172 Å². The standard InChI is InChI=1S/C17H10O9S/c18-14(19)8-2-6-1-7-3-9(15(20)21)11(17(24)25)5-13(7)27(26)12(6)4-10(8)16(22)23/h2-5H,1H2,(H,18,19)(H,20,21)(H,22,23)(H,24,25). The van der Waals surface area contributed by atoms with Gasteiger partial charge < -0.3 is 25.0 Å². The van der Waals surface area contributed by atoms with E-state index in [0.29, 0.717) is 0 Å². The summed E-state index contributed by atoms with van der Waals surface area (Å²) in [5, 5.41) is 36.8. The van der Waals surface area contributed by atoms with Crippen LogP contribution < -0.4 is 0 Å². The van der Waals surface area contributed by atoms with E-state index in [1.807, 2.05) is 0 Å². The summed E-state index contributed by atoms with van der Waals surface area (Å²) < 4.78 is 12.9. The van der Waals surface area contributed by atoms with E-state index < -0.39 is 57.3 Å². The molecule has 0 saturated carbocycles. The molecule has 1 aliphatic rings. The quantitative estimate of drug-likeness (QED) is 0.565. The molecule has 1 heterocycles. The third-order valence-electron chi connectivity index (χ3n) is 4.10. The van der Waals surface area contributed by atoms with Crippen LogP contribution in [-0.2, 0) is 17.6 Å². The summed E-state index contributed by atoms with van der Waals surface area (Å²) >= 11 is -2.00. The lowest BCUT2D eigenvalue weighted by Crippen LogP contribution is -2.20. The third kappa shape index (κ3) is 3.00. The van der Waals surface area contributed by atoms with E-state index in [1.165, 1.54) is 0 Å². The number of hydrogen-bond acceptors (Lipinski definition) is 5.